The van der Waals surface area contributed by atoms with Gasteiger partial charge < -0.3 is 10.8 Å². The Labute approximate surface area is 113 Å². The highest BCUT2D eigenvalue weighted by atomic mass is 32.2. The van der Waals surface area contributed by atoms with Gasteiger partial charge in [-0.25, -0.2) is 13.1 Å². The summed E-state index contributed by atoms with van der Waals surface area (Å²) in [6.45, 7) is 3.96. The van der Waals surface area contributed by atoms with E-state index in [9.17, 15) is 13.5 Å². The van der Waals surface area contributed by atoms with E-state index in [1.54, 1.807) is 7.05 Å². The minimum Gasteiger partial charge on any atom is -0.396 e. The molecular formula is C11H22N4O3S. The third kappa shape index (κ3) is 3.46. The Hall–Kier alpha value is -1.12. The van der Waals surface area contributed by atoms with Crippen LogP contribution in [0.1, 0.15) is 26.7 Å². The maximum absolute atomic E-state index is 12.1. The number of nitrogen functional groups attached to an aromatic ring is 1. The van der Waals surface area contributed by atoms with Crippen molar-refractivity contribution in [2.45, 2.75) is 31.6 Å². The molecule has 8 heteroatoms. The maximum atomic E-state index is 12.1. The molecule has 1 rings (SSSR count). The van der Waals surface area contributed by atoms with Crippen LogP contribution in [0.25, 0.3) is 0 Å². The van der Waals surface area contributed by atoms with Crippen LogP contribution < -0.4 is 10.5 Å². The summed E-state index contributed by atoms with van der Waals surface area (Å²) in [4.78, 5) is -0.0333. The SMILES string of the molecule is CCC(CC)(CO)CNS(=O)(=O)c1cn(C)nc1N. The molecule has 0 fully saturated rings. The molecule has 0 atom stereocenters. The summed E-state index contributed by atoms with van der Waals surface area (Å²) in [6.07, 6.45) is 2.73. The van der Waals surface area contributed by atoms with Gasteiger partial charge in [-0.2, -0.15) is 5.10 Å². The minimum atomic E-state index is -3.70. The first kappa shape index (κ1) is 15.9. The average molecular weight is 290 g/mol. The number of hydrogen-bond acceptors (Lipinski definition) is 5. The van der Waals surface area contributed by atoms with E-state index in [1.165, 1.54) is 10.9 Å². The summed E-state index contributed by atoms with van der Waals surface area (Å²) in [5.41, 5.74) is 5.12. The molecule has 110 valence electrons. The van der Waals surface area contributed by atoms with Crippen molar-refractivity contribution in [1.29, 1.82) is 0 Å². The zero-order chi connectivity index (χ0) is 14.7. The van der Waals surface area contributed by atoms with Gasteiger partial charge in [-0.1, -0.05) is 13.8 Å². The van der Waals surface area contributed by atoms with Crippen LogP contribution in [0.2, 0.25) is 0 Å². The van der Waals surface area contributed by atoms with Crippen molar-refractivity contribution in [2.75, 3.05) is 18.9 Å². The number of rotatable bonds is 7. The topological polar surface area (TPSA) is 110 Å². The predicted molar refractivity (Wildman–Crippen MR) is 72.9 cm³/mol. The Morgan fingerprint density at radius 3 is 2.42 bits per heavy atom. The number of aromatic nitrogens is 2. The van der Waals surface area contributed by atoms with Crippen molar-refractivity contribution in [2.24, 2.45) is 12.5 Å². The third-order valence-electron chi connectivity index (χ3n) is 3.58. The molecule has 0 saturated carbocycles. The molecule has 19 heavy (non-hydrogen) atoms. The number of aliphatic hydroxyl groups excluding tert-OH is 1. The van der Waals surface area contributed by atoms with Gasteiger partial charge in [0.05, 0.1) is 0 Å². The van der Waals surface area contributed by atoms with E-state index in [4.69, 9.17) is 5.73 Å². The van der Waals surface area contributed by atoms with Crippen molar-refractivity contribution in [3.05, 3.63) is 6.20 Å². The highest BCUT2D eigenvalue weighted by Gasteiger charge is 2.29. The summed E-state index contributed by atoms with van der Waals surface area (Å²) in [6, 6.07) is 0. The van der Waals surface area contributed by atoms with Gasteiger partial charge in [-0.05, 0) is 12.8 Å². The van der Waals surface area contributed by atoms with Crippen LogP contribution in [0.4, 0.5) is 5.82 Å². The molecule has 0 aliphatic carbocycles. The van der Waals surface area contributed by atoms with Gasteiger partial charge in [0.25, 0.3) is 0 Å². The standard InChI is InChI=1S/C11H22N4O3S/c1-4-11(5-2,8-16)7-13-19(17,18)9-6-15(3)14-10(9)12/h6,13,16H,4-5,7-8H2,1-3H3,(H2,12,14). The average Bonchev–Trinajstić information content (AvgIpc) is 2.72. The molecule has 0 aromatic carbocycles. The second-order valence-corrected chi connectivity index (χ2v) is 6.48. The number of aryl methyl sites for hydroxylation is 1. The molecule has 0 bridgehead atoms. The first-order chi connectivity index (χ1) is 8.80. The second-order valence-electron chi connectivity index (χ2n) is 4.74. The van der Waals surface area contributed by atoms with Crippen LogP contribution in [-0.2, 0) is 17.1 Å². The van der Waals surface area contributed by atoms with Crippen LogP contribution in [0.5, 0.6) is 0 Å². The first-order valence-electron chi connectivity index (χ1n) is 6.20. The molecule has 0 saturated heterocycles. The highest BCUT2D eigenvalue weighted by molar-refractivity contribution is 7.89. The van der Waals surface area contributed by atoms with Crippen molar-refractivity contribution >= 4 is 15.8 Å². The lowest BCUT2D eigenvalue weighted by molar-refractivity contribution is 0.119. The number of hydrogen-bond donors (Lipinski definition) is 3. The summed E-state index contributed by atoms with van der Waals surface area (Å²) >= 11 is 0. The summed E-state index contributed by atoms with van der Waals surface area (Å²) in [5, 5.41) is 13.2. The fourth-order valence-electron chi connectivity index (χ4n) is 1.80. The lowest BCUT2D eigenvalue weighted by atomic mass is 9.84. The largest absolute Gasteiger partial charge is 0.396 e. The zero-order valence-electron chi connectivity index (χ0n) is 11.5. The van der Waals surface area contributed by atoms with E-state index in [0.29, 0.717) is 12.8 Å². The van der Waals surface area contributed by atoms with Gasteiger partial charge >= 0.3 is 0 Å². The minimum absolute atomic E-state index is 0.0300. The van der Waals surface area contributed by atoms with Gasteiger partial charge in [-0.15, -0.1) is 0 Å². The van der Waals surface area contributed by atoms with Gasteiger partial charge in [0.15, 0.2) is 5.82 Å². The van der Waals surface area contributed by atoms with Gasteiger partial charge in [-0.3, -0.25) is 4.68 Å². The third-order valence-corrected chi connectivity index (χ3v) is 5.00. The second kappa shape index (κ2) is 5.89. The molecule has 1 heterocycles. The summed E-state index contributed by atoms with van der Waals surface area (Å²) in [7, 11) is -2.10. The molecule has 0 amide bonds. The zero-order valence-corrected chi connectivity index (χ0v) is 12.4. The molecule has 0 aliphatic heterocycles. The number of aliphatic hydroxyl groups is 1. The van der Waals surface area contributed by atoms with Crippen molar-refractivity contribution in [3.63, 3.8) is 0 Å². The normalized spacial score (nSPS) is 12.8. The van der Waals surface area contributed by atoms with E-state index in [0.717, 1.165) is 0 Å². The fourth-order valence-corrected chi connectivity index (χ4v) is 3.06. The molecule has 0 spiro atoms. The van der Waals surface area contributed by atoms with Crippen LogP contribution in [0, 0.1) is 5.41 Å². The van der Waals surface area contributed by atoms with Gasteiger partial charge in [0, 0.05) is 31.8 Å². The number of anilines is 1. The smallest absolute Gasteiger partial charge is 0.245 e. The molecule has 7 nitrogen and oxygen atoms in total. The van der Waals surface area contributed by atoms with Crippen LogP contribution in [-0.4, -0.2) is 36.5 Å². The van der Waals surface area contributed by atoms with Gasteiger partial charge in [0.2, 0.25) is 10.0 Å². The molecule has 4 N–H and O–H groups in total. The number of sulfonamides is 1. The molecule has 0 aliphatic rings. The molecule has 0 radical (unpaired) electrons. The van der Waals surface area contributed by atoms with E-state index in [-0.39, 0.29) is 23.9 Å². The Balaban J connectivity index is 2.90. The Morgan fingerprint density at radius 2 is 2.05 bits per heavy atom. The summed E-state index contributed by atoms with van der Waals surface area (Å²) in [5.74, 6) is -0.0300. The highest BCUT2D eigenvalue weighted by Crippen LogP contribution is 2.25. The Bertz CT molecular complexity index is 512. The van der Waals surface area contributed by atoms with Crippen molar-refractivity contribution in [1.82, 2.24) is 14.5 Å². The lowest BCUT2D eigenvalue weighted by Gasteiger charge is -2.29. The first-order valence-corrected chi connectivity index (χ1v) is 7.68. The van der Waals surface area contributed by atoms with Crippen LogP contribution in [0.15, 0.2) is 11.1 Å². The van der Waals surface area contributed by atoms with E-state index >= 15 is 0 Å². The molecule has 1 aromatic rings. The molecular weight excluding hydrogens is 268 g/mol. The van der Waals surface area contributed by atoms with Crippen LogP contribution in [0.3, 0.4) is 0 Å². The van der Waals surface area contributed by atoms with E-state index in [1.807, 2.05) is 13.8 Å². The fraction of sp³-hybridized carbons (Fsp3) is 0.727. The van der Waals surface area contributed by atoms with E-state index in [2.05, 4.69) is 9.82 Å². The number of nitrogens with two attached hydrogens (primary N) is 1. The van der Waals surface area contributed by atoms with E-state index < -0.39 is 15.4 Å². The monoisotopic (exact) mass is 290 g/mol. The van der Waals surface area contributed by atoms with Gasteiger partial charge in [0.1, 0.15) is 4.90 Å². The predicted octanol–water partition coefficient (Wildman–Crippen LogP) is 0.0793. The Kier molecular flexibility index (Phi) is 4.94. The molecule has 0 unspecified atom stereocenters. The summed E-state index contributed by atoms with van der Waals surface area (Å²) < 4.78 is 28.1. The quantitative estimate of drug-likeness (QED) is 0.658. The van der Waals surface area contributed by atoms with Crippen molar-refractivity contribution in [3.8, 4) is 0 Å². The van der Waals surface area contributed by atoms with Crippen molar-refractivity contribution < 1.29 is 13.5 Å². The number of nitrogens with zero attached hydrogens (tertiary/aromatic N) is 2. The molecule has 1 aromatic heterocycles. The lowest BCUT2D eigenvalue weighted by Crippen LogP contribution is -2.39. The maximum Gasteiger partial charge on any atom is 0.245 e. The van der Waals surface area contributed by atoms with Crippen LogP contribution >= 0.6 is 0 Å². The number of nitrogens with one attached hydrogen (secondary N) is 1. The Morgan fingerprint density at radius 1 is 1.47 bits per heavy atom.